The highest BCUT2D eigenvalue weighted by Crippen LogP contribution is 2.14. The second kappa shape index (κ2) is 3.98. The zero-order chi connectivity index (χ0) is 11.6. The van der Waals surface area contributed by atoms with E-state index in [1.807, 2.05) is 14.1 Å². The van der Waals surface area contributed by atoms with Gasteiger partial charge >= 0.3 is 5.82 Å². The number of nitro groups is 1. The van der Waals surface area contributed by atoms with Crippen LogP contribution in [0.1, 0.15) is 13.8 Å². The van der Waals surface area contributed by atoms with E-state index < -0.39 is 4.92 Å². The summed E-state index contributed by atoms with van der Waals surface area (Å²) in [5, 5.41) is 14.3. The topological polar surface area (TPSA) is 64.2 Å². The van der Waals surface area contributed by atoms with Crippen molar-refractivity contribution in [1.82, 2.24) is 14.7 Å². The molecule has 1 heterocycles. The molecule has 6 nitrogen and oxygen atoms in total. The average Bonchev–Trinajstić information content (AvgIpc) is 2.51. The van der Waals surface area contributed by atoms with E-state index in [1.54, 1.807) is 10.9 Å². The maximum atomic E-state index is 10.4. The molecule has 0 saturated heterocycles. The number of likely N-dealkylation sites (N-methyl/N-ethyl adjacent to an activating group) is 1. The molecule has 0 atom stereocenters. The molecule has 0 aliphatic heterocycles. The van der Waals surface area contributed by atoms with Crippen molar-refractivity contribution < 1.29 is 4.92 Å². The molecule has 0 aromatic carbocycles. The molecule has 1 aromatic rings. The average molecular weight is 212 g/mol. The fraction of sp³-hybridized carbons (Fsp3) is 0.667. The van der Waals surface area contributed by atoms with E-state index in [0.29, 0.717) is 6.54 Å². The van der Waals surface area contributed by atoms with E-state index >= 15 is 0 Å². The second-order valence-corrected chi connectivity index (χ2v) is 4.34. The number of hydrogen-bond acceptors (Lipinski definition) is 4. The van der Waals surface area contributed by atoms with E-state index in [0.717, 1.165) is 0 Å². The van der Waals surface area contributed by atoms with Gasteiger partial charge in [0, 0.05) is 5.54 Å². The van der Waals surface area contributed by atoms with Crippen molar-refractivity contribution in [3.63, 3.8) is 0 Å². The van der Waals surface area contributed by atoms with Crippen LogP contribution in [0.3, 0.4) is 0 Å². The van der Waals surface area contributed by atoms with Crippen LogP contribution in [0.4, 0.5) is 5.82 Å². The normalized spacial score (nSPS) is 12.1. The zero-order valence-corrected chi connectivity index (χ0v) is 9.47. The van der Waals surface area contributed by atoms with Crippen molar-refractivity contribution in [1.29, 1.82) is 0 Å². The number of nitrogens with zero attached hydrogens (tertiary/aromatic N) is 4. The van der Waals surface area contributed by atoms with Crippen LogP contribution in [0.15, 0.2) is 12.3 Å². The lowest BCUT2D eigenvalue weighted by Gasteiger charge is -2.31. The highest BCUT2D eigenvalue weighted by molar-refractivity contribution is 5.14. The third-order valence-corrected chi connectivity index (χ3v) is 2.57. The minimum atomic E-state index is -0.487. The molecule has 0 aliphatic rings. The number of rotatable bonds is 4. The van der Waals surface area contributed by atoms with E-state index in [-0.39, 0.29) is 11.4 Å². The summed E-state index contributed by atoms with van der Waals surface area (Å²) >= 11 is 0. The van der Waals surface area contributed by atoms with E-state index in [4.69, 9.17) is 0 Å². The van der Waals surface area contributed by atoms with E-state index in [2.05, 4.69) is 23.8 Å². The molecule has 1 aromatic heterocycles. The van der Waals surface area contributed by atoms with Crippen LogP contribution in [0.25, 0.3) is 0 Å². The van der Waals surface area contributed by atoms with Gasteiger partial charge in [0.2, 0.25) is 0 Å². The molecule has 0 saturated carbocycles. The van der Waals surface area contributed by atoms with Crippen molar-refractivity contribution in [3.05, 3.63) is 22.4 Å². The molecule has 0 bridgehead atoms. The third-order valence-electron chi connectivity index (χ3n) is 2.57. The van der Waals surface area contributed by atoms with Crippen molar-refractivity contribution in [2.45, 2.75) is 25.9 Å². The van der Waals surface area contributed by atoms with Crippen LogP contribution >= 0.6 is 0 Å². The van der Waals surface area contributed by atoms with Crippen LogP contribution < -0.4 is 0 Å². The molecule has 0 unspecified atom stereocenters. The molecule has 0 spiro atoms. The van der Waals surface area contributed by atoms with Gasteiger partial charge in [0.1, 0.15) is 0 Å². The first kappa shape index (κ1) is 11.6. The summed E-state index contributed by atoms with van der Waals surface area (Å²) < 4.78 is 1.60. The summed E-state index contributed by atoms with van der Waals surface area (Å²) in [6.07, 6.45) is 1.63. The molecular weight excluding hydrogens is 196 g/mol. The number of hydrogen-bond donors (Lipinski definition) is 0. The van der Waals surface area contributed by atoms with Gasteiger partial charge in [-0.05, 0) is 32.9 Å². The van der Waals surface area contributed by atoms with Gasteiger partial charge in [0.05, 0.1) is 23.9 Å². The highest BCUT2D eigenvalue weighted by Gasteiger charge is 2.23. The van der Waals surface area contributed by atoms with Crippen LogP contribution in [0, 0.1) is 10.1 Å². The Kier molecular flexibility index (Phi) is 3.09. The van der Waals surface area contributed by atoms with Crippen molar-refractivity contribution in [2.24, 2.45) is 0 Å². The minimum absolute atomic E-state index is 0.0834. The van der Waals surface area contributed by atoms with Gasteiger partial charge < -0.3 is 15.0 Å². The zero-order valence-electron chi connectivity index (χ0n) is 9.47. The van der Waals surface area contributed by atoms with Gasteiger partial charge in [-0.25, -0.2) is 0 Å². The van der Waals surface area contributed by atoms with Gasteiger partial charge in [0.15, 0.2) is 0 Å². The maximum absolute atomic E-state index is 10.4. The van der Waals surface area contributed by atoms with Crippen LogP contribution in [0.5, 0.6) is 0 Å². The predicted molar refractivity (Wildman–Crippen MR) is 56.6 cm³/mol. The Morgan fingerprint density at radius 1 is 1.60 bits per heavy atom. The first-order valence-electron chi connectivity index (χ1n) is 4.68. The molecule has 0 fully saturated rings. The lowest BCUT2D eigenvalue weighted by molar-refractivity contribution is -0.389. The van der Waals surface area contributed by atoms with Crippen molar-refractivity contribution in [3.8, 4) is 0 Å². The Labute approximate surface area is 88.6 Å². The summed E-state index contributed by atoms with van der Waals surface area (Å²) in [6, 6.07) is 1.41. The van der Waals surface area contributed by atoms with Gasteiger partial charge in [-0.15, -0.1) is 0 Å². The number of aromatic nitrogens is 2. The molecule has 15 heavy (non-hydrogen) atoms. The quantitative estimate of drug-likeness (QED) is 0.554. The molecule has 6 heteroatoms. The Hall–Kier alpha value is -1.43. The molecule has 1 rings (SSSR count). The summed E-state index contributed by atoms with van der Waals surface area (Å²) in [4.78, 5) is 12.0. The van der Waals surface area contributed by atoms with Gasteiger partial charge in [-0.1, -0.05) is 0 Å². The molecule has 0 N–H and O–H groups in total. The van der Waals surface area contributed by atoms with Crippen LogP contribution in [0.2, 0.25) is 0 Å². The van der Waals surface area contributed by atoms with Crippen molar-refractivity contribution in [2.75, 3.05) is 14.1 Å². The minimum Gasteiger partial charge on any atom is -0.358 e. The predicted octanol–water partition coefficient (Wildman–Crippen LogP) is 1.13. The summed E-state index contributed by atoms with van der Waals surface area (Å²) in [7, 11) is 3.94. The van der Waals surface area contributed by atoms with Gasteiger partial charge in [-0.3, -0.25) is 0 Å². The first-order valence-corrected chi connectivity index (χ1v) is 4.68. The standard InChI is InChI=1S/C9H16N4O2/c1-9(2,11(3)4)7-12-6-5-8(10-12)13(14)15/h5-6H,7H2,1-4H3. The van der Waals surface area contributed by atoms with Crippen LogP contribution in [-0.4, -0.2) is 39.2 Å². The maximum Gasteiger partial charge on any atom is 0.389 e. The Bertz CT molecular complexity index is 357. The van der Waals surface area contributed by atoms with E-state index in [1.165, 1.54) is 6.07 Å². The molecule has 0 aliphatic carbocycles. The lowest BCUT2D eigenvalue weighted by atomic mass is 10.1. The van der Waals surface area contributed by atoms with Crippen LogP contribution in [-0.2, 0) is 6.54 Å². The Morgan fingerprint density at radius 2 is 2.20 bits per heavy atom. The highest BCUT2D eigenvalue weighted by atomic mass is 16.6. The molecular formula is C9H16N4O2. The molecule has 84 valence electrons. The first-order chi connectivity index (χ1) is 6.83. The molecule has 0 amide bonds. The Morgan fingerprint density at radius 3 is 2.60 bits per heavy atom. The fourth-order valence-corrected chi connectivity index (χ4v) is 1.07. The van der Waals surface area contributed by atoms with Crippen molar-refractivity contribution >= 4 is 5.82 Å². The molecule has 0 radical (unpaired) electrons. The largest absolute Gasteiger partial charge is 0.389 e. The summed E-state index contributed by atoms with van der Waals surface area (Å²) in [5.41, 5.74) is -0.0834. The smallest absolute Gasteiger partial charge is 0.358 e. The fourth-order valence-electron chi connectivity index (χ4n) is 1.07. The summed E-state index contributed by atoms with van der Waals surface area (Å²) in [6.45, 7) is 4.73. The monoisotopic (exact) mass is 212 g/mol. The summed E-state index contributed by atoms with van der Waals surface area (Å²) in [5.74, 6) is -0.107. The second-order valence-electron chi connectivity index (χ2n) is 4.34. The van der Waals surface area contributed by atoms with Gasteiger partial charge in [0.25, 0.3) is 0 Å². The van der Waals surface area contributed by atoms with Gasteiger partial charge in [-0.2, -0.15) is 4.68 Å². The third kappa shape index (κ3) is 2.76. The Balaban J connectivity index is 2.77. The lowest BCUT2D eigenvalue weighted by Crippen LogP contribution is -2.42. The SMILES string of the molecule is CN(C)C(C)(C)Cn1ccc([N+](=O)[O-])n1. The van der Waals surface area contributed by atoms with E-state index in [9.17, 15) is 10.1 Å².